The van der Waals surface area contributed by atoms with Crippen LogP contribution in [0.2, 0.25) is 0 Å². The minimum Gasteiger partial charge on any atom is -0.396 e. The maximum atomic E-state index is 5.49. The predicted octanol–water partition coefficient (Wildman–Crippen LogP) is 1.37. The first kappa shape index (κ1) is 10.4. The Labute approximate surface area is 93.8 Å². The number of hydrogen-bond donors (Lipinski definition) is 2. The van der Waals surface area contributed by atoms with Gasteiger partial charge in [-0.3, -0.25) is 4.98 Å². The van der Waals surface area contributed by atoms with Gasteiger partial charge in [0, 0.05) is 18.4 Å². The molecule has 0 fully saturated rings. The molecule has 0 aromatic carbocycles. The molecule has 0 aliphatic carbocycles. The van der Waals surface area contributed by atoms with E-state index in [2.05, 4.69) is 20.3 Å². The lowest BCUT2D eigenvalue weighted by atomic mass is 10.2. The summed E-state index contributed by atoms with van der Waals surface area (Å²) in [6.45, 7) is 2.61. The predicted molar refractivity (Wildman–Crippen MR) is 62.7 cm³/mol. The molecule has 0 radical (unpaired) electrons. The average molecular weight is 215 g/mol. The number of nitrogens with zero attached hydrogens (tertiary/aromatic N) is 3. The van der Waals surface area contributed by atoms with Gasteiger partial charge in [0.2, 0.25) is 5.95 Å². The monoisotopic (exact) mass is 215 g/mol. The van der Waals surface area contributed by atoms with E-state index >= 15 is 0 Å². The Morgan fingerprint density at radius 2 is 1.88 bits per heavy atom. The first-order valence-electron chi connectivity index (χ1n) is 4.97. The van der Waals surface area contributed by atoms with E-state index in [0.717, 1.165) is 11.3 Å². The third kappa shape index (κ3) is 2.66. The molecule has 2 heterocycles. The lowest BCUT2D eigenvalue weighted by Gasteiger charge is -2.04. The Bertz CT molecular complexity index is 403. The molecule has 2 aromatic rings. The molecule has 5 nitrogen and oxygen atoms in total. The lowest BCUT2D eigenvalue weighted by Crippen LogP contribution is -2.04. The van der Waals surface area contributed by atoms with Gasteiger partial charge in [-0.1, -0.05) is 6.07 Å². The molecule has 82 valence electrons. The van der Waals surface area contributed by atoms with E-state index in [1.165, 1.54) is 0 Å². The summed E-state index contributed by atoms with van der Waals surface area (Å²) in [5.41, 5.74) is 8.14. The molecule has 0 bridgehead atoms. The molecule has 0 saturated carbocycles. The van der Waals surface area contributed by atoms with Gasteiger partial charge in [0.25, 0.3) is 0 Å². The zero-order chi connectivity index (χ0) is 11.4. The maximum Gasteiger partial charge on any atom is 0.222 e. The standard InChI is InChI=1S/C11H13N5/c1-8-2-3-9(4-13-8)5-14-11-15-6-10(12)7-16-11/h2-4,6-7H,5,12H2,1H3,(H,14,15,16). The zero-order valence-electron chi connectivity index (χ0n) is 9.01. The second kappa shape index (κ2) is 4.57. The van der Waals surface area contributed by atoms with Crippen molar-refractivity contribution in [2.75, 3.05) is 11.1 Å². The van der Waals surface area contributed by atoms with Crippen LogP contribution in [0, 0.1) is 6.92 Å². The molecule has 0 aliphatic rings. The molecule has 0 aliphatic heterocycles. The highest BCUT2D eigenvalue weighted by Gasteiger charge is 1.96. The Hall–Kier alpha value is -2.17. The molecule has 2 aromatic heterocycles. The van der Waals surface area contributed by atoms with Crippen molar-refractivity contribution in [1.29, 1.82) is 0 Å². The van der Waals surface area contributed by atoms with E-state index in [1.54, 1.807) is 12.4 Å². The summed E-state index contributed by atoms with van der Waals surface area (Å²) in [4.78, 5) is 12.3. The highest BCUT2D eigenvalue weighted by molar-refractivity contribution is 5.36. The zero-order valence-corrected chi connectivity index (χ0v) is 9.01. The number of anilines is 2. The number of hydrogen-bond acceptors (Lipinski definition) is 5. The summed E-state index contributed by atoms with van der Waals surface area (Å²) in [5, 5.41) is 3.09. The number of rotatable bonds is 3. The smallest absolute Gasteiger partial charge is 0.222 e. The molecule has 5 heteroatoms. The highest BCUT2D eigenvalue weighted by atomic mass is 15.1. The number of nitrogens with two attached hydrogens (primary N) is 1. The van der Waals surface area contributed by atoms with Crippen LogP contribution in [0.15, 0.2) is 30.7 Å². The molecule has 16 heavy (non-hydrogen) atoms. The van der Waals surface area contributed by atoms with Crippen molar-refractivity contribution in [3.63, 3.8) is 0 Å². The van der Waals surface area contributed by atoms with Gasteiger partial charge in [-0.2, -0.15) is 0 Å². The van der Waals surface area contributed by atoms with Crippen molar-refractivity contribution in [2.24, 2.45) is 0 Å². The van der Waals surface area contributed by atoms with E-state index in [0.29, 0.717) is 18.2 Å². The van der Waals surface area contributed by atoms with Crippen molar-refractivity contribution in [2.45, 2.75) is 13.5 Å². The fourth-order valence-corrected chi connectivity index (χ4v) is 1.21. The number of aryl methyl sites for hydroxylation is 1. The molecule has 0 spiro atoms. The largest absolute Gasteiger partial charge is 0.396 e. The van der Waals surface area contributed by atoms with Crippen LogP contribution >= 0.6 is 0 Å². The maximum absolute atomic E-state index is 5.49. The number of nitrogens with one attached hydrogen (secondary N) is 1. The Morgan fingerprint density at radius 3 is 2.50 bits per heavy atom. The molecular formula is C11H13N5. The van der Waals surface area contributed by atoms with Crippen LogP contribution in [0.4, 0.5) is 11.6 Å². The van der Waals surface area contributed by atoms with E-state index in [-0.39, 0.29) is 0 Å². The molecule has 2 rings (SSSR count). The van der Waals surface area contributed by atoms with Crippen LogP contribution in [-0.4, -0.2) is 15.0 Å². The van der Waals surface area contributed by atoms with Gasteiger partial charge in [-0.25, -0.2) is 9.97 Å². The van der Waals surface area contributed by atoms with Crippen molar-refractivity contribution < 1.29 is 0 Å². The molecular weight excluding hydrogens is 202 g/mol. The Balaban J connectivity index is 1.97. The third-order valence-electron chi connectivity index (χ3n) is 2.10. The van der Waals surface area contributed by atoms with Gasteiger partial charge in [-0.05, 0) is 18.6 Å². The molecule has 0 unspecified atom stereocenters. The van der Waals surface area contributed by atoms with Crippen LogP contribution in [0.3, 0.4) is 0 Å². The summed E-state index contributed by atoms with van der Waals surface area (Å²) < 4.78 is 0. The number of aromatic nitrogens is 3. The summed E-state index contributed by atoms with van der Waals surface area (Å²) in [6, 6.07) is 3.99. The SMILES string of the molecule is Cc1ccc(CNc2ncc(N)cn2)cn1. The summed E-state index contributed by atoms with van der Waals surface area (Å²) in [5.74, 6) is 0.565. The Morgan fingerprint density at radius 1 is 1.12 bits per heavy atom. The van der Waals surface area contributed by atoms with E-state index < -0.39 is 0 Å². The minimum atomic E-state index is 0.558. The van der Waals surface area contributed by atoms with Gasteiger partial charge < -0.3 is 11.1 Å². The van der Waals surface area contributed by atoms with Crippen LogP contribution in [0.5, 0.6) is 0 Å². The summed E-state index contributed by atoms with van der Waals surface area (Å²) >= 11 is 0. The fraction of sp³-hybridized carbons (Fsp3) is 0.182. The molecule has 3 N–H and O–H groups in total. The topological polar surface area (TPSA) is 76.7 Å². The van der Waals surface area contributed by atoms with Crippen molar-refractivity contribution in [1.82, 2.24) is 15.0 Å². The fourth-order valence-electron chi connectivity index (χ4n) is 1.21. The Kier molecular flexibility index (Phi) is 2.95. The summed E-state index contributed by atoms with van der Waals surface area (Å²) in [7, 11) is 0. The minimum absolute atomic E-state index is 0.558. The second-order valence-electron chi connectivity index (χ2n) is 3.50. The van der Waals surface area contributed by atoms with E-state index in [9.17, 15) is 0 Å². The van der Waals surface area contributed by atoms with Crippen LogP contribution in [0.1, 0.15) is 11.3 Å². The van der Waals surface area contributed by atoms with Crippen molar-refractivity contribution in [3.8, 4) is 0 Å². The van der Waals surface area contributed by atoms with Crippen molar-refractivity contribution >= 4 is 11.6 Å². The summed E-state index contributed by atoms with van der Waals surface area (Å²) in [6.07, 6.45) is 4.98. The van der Waals surface area contributed by atoms with Crippen LogP contribution < -0.4 is 11.1 Å². The van der Waals surface area contributed by atoms with E-state index in [4.69, 9.17) is 5.73 Å². The highest BCUT2D eigenvalue weighted by Crippen LogP contribution is 2.04. The van der Waals surface area contributed by atoms with Gasteiger partial charge in [0.05, 0.1) is 18.1 Å². The van der Waals surface area contributed by atoms with Gasteiger partial charge in [0.1, 0.15) is 0 Å². The third-order valence-corrected chi connectivity index (χ3v) is 2.10. The van der Waals surface area contributed by atoms with Crippen LogP contribution in [0.25, 0.3) is 0 Å². The molecule has 0 saturated heterocycles. The first-order valence-corrected chi connectivity index (χ1v) is 4.97. The van der Waals surface area contributed by atoms with Crippen molar-refractivity contribution in [3.05, 3.63) is 42.0 Å². The number of nitrogen functional groups attached to an aromatic ring is 1. The molecule has 0 amide bonds. The van der Waals surface area contributed by atoms with Crippen LogP contribution in [-0.2, 0) is 6.54 Å². The number of pyridine rings is 1. The van der Waals surface area contributed by atoms with E-state index in [1.807, 2.05) is 25.3 Å². The van der Waals surface area contributed by atoms with Gasteiger partial charge in [0.15, 0.2) is 0 Å². The van der Waals surface area contributed by atoms with Gasteiger partial charge in [-0.15, -0.1) is 0 Å². The first-order chi connectivity index (χ1) is 7.74. The normalized spacial score (nSPS) is 10.1. The lowest BCUT2D eigenvalue weighted by molar-refractivity contribution is 1.03. The quantitative estimate of drug-likeness (QED) is 0.808. The van der Waals surface area contributed by atoms with Gasteiger partial charge >= 0.3 is 0 Å². The second-order valence-corrected chi connectivity index (χ2v) is 3.50. The molecule has 0 atom stereocenters. The average Bonchev–Trinajstić information content (AvgIpc) is 2.30.